The lowest BCUT2D eigenvalue weighted by atomic mass is 9.85. The van der Waals surface area contributed by atoms with E-state index < -0.39 is 0 Å². The van der Waals surface area contributed by atoms with E-state index in [9.17, 15) is 0 Å². The molecule has 0 aromatic carbocycles. The summed E-state index contributed by atoms with van der Waals surface area (Å²) in [6.07, 6.45) is 9.28. The van der Waals surface area contributed by atoms with Crippen molar-refractivity contribution in [2.45, 2.75) is 26.2 Å². The molecule has 0 aromatic rings. The Balaban J connectivity index is 2.17. The van der Waals surface area contributed by atoms with Gasteiger partial charge in [-0.3, -0.25) is 4.90 Å². The van der Waals surface area contributed by atoms with Crippen molar-refractivity contribution >= 4 is 0 Å². The van der Waals surface area contributed by atoms with Crippen LogP contribution in [0.2, 0.25) is 0 Å². The summed E-state index contributed by atoms with van der Waals surface area (Å²) in [4.78, 5) is 2.23. The first-order valence-electron chi connectivity index (χ1n) is 6.06. The highest BCUT2D eigenvalue weighted by Gasteiger charge is 2.19. The molecule has 0 spiro atoms. The number of terminal acetylenes is 1. The monoisotopic (exact) mass is 208 g/mol. The summed E-state index contributed by atoms with van der Waals surface area (Å²) in [5.41, 5.74) is 0. The Morgan fingerprint density at radius 3 is 3.00 bits per heavy atom. The van der Waals surface area contributed by atoms with Crippen molar-refractivity contribution in [2.24, 2.45) is 11.8 Å². The van der Waals surface area contributed by atoms with Crippen molar-refractivity contribution in [3.05, 3.63) is 0 Å². The normalized spacial score (nSPS) is 23.7. The van der Waals surface area contributed by atoms with E-state index in [1.807, 2.05) is 0 Å². The number of piperidine rings is 1. The van der Waals surface area contributed by atoms with Crippen molar-refractivity contribution in [2.75, 3.05) is 33.2 Å². The molecule has 0 saturated carbocycles. The van der Waals surface area contributed by atoms with Gasteiger partial charge in [0, 0.05) is 0 Å². The number of hydrogen-bond acceptors (Lipinski definition) is 2. The SMILES string of the molecule is C#CCN(C)CCC(C)C1CCCNC1. The van der Waals surface area contributed by atoms with Crippen molar-refractivity contribution in [1.82, 2.24) is 10.2 Å². The van der Waals surface area contributed by atoms with Crippen LogP contribution in [0.3, 0.4) is 0 Å². The molecule has 0 bridgehead atoms. The molecule has 0 amide bonds. The molecule has 15 heavy (non-hydrogen) atoms. The minimum absolute atomic E-state index is 0.773. The maximum atomic E-state index is 5.28. The Morgan fingerprint density at radius 1 is 1.60 bits per heavy atom. The molecule has 1 aliphatic rings. The van der Waals surface area contributed by atoms with Crippen LogP contribution in [0.4, 0.5) is 0 Å². The molecule has 0 radical (unpaired) electrons. The van der Waals surface area contributed by atoms with Crippen LogP contribution in [0.5, 0.6) is 0 Å². The zero-order valence-corrected chi connectivity index (χ0v) is 10.1. The van der Waals surface area contributed by atoms with E-state index in [0.717, 1.165) is 24.9 Å². The second kappa shape index (κ2) is 6.87. The lowest BCUT2D eigenvalue weighted by Gasteiger charge is -2.29. The van der Waals surface area contributed by atoms with E-state index >= 15 is 0 Å². The molecule has 2 atom stereocenters. The average Bonchev–Trinajstić information content (AvgIpc) is 2.27. The van der Waals surface area contributed by atoms with Crippen molar-refractivity contribution in [1.29, 1.82) is 0 Å². The van der Waals surface area contributed by atoms with Gasteiger partial charge >= 0.3 is 0 Å². The maximum absolute atomic E-state index is 5.28. The van der Waals surface area contributed by atoms with Crippen LogP contribution in [0.15, 0.2) is 0 Å². The third kappa shape index (κ3) is 4.68. The standard InChI is InChI=1S/C13H24N2/c1-4-9-15(3)10-7-12(2)13-6-5-8-14-11-13/h1,12-14H,5-11H2,2-3H3. The van der Waals surface area contributed by atoms with Gasteiger partial charge in [-0.1, -0.05) is 12.8 Å². The Hall–Kier alpha value is -0.520. The van der Waals surface area contributed by atoms with Gasteiger partial charge in [0.1, 0.15) is 0 Å². The topological polar surface area (TPSA) is 15.3 Å². The molecule has 2 heteroatoms. The van der Waals surface area contributed by atoms with Crippen molar-refractivity contribution in [3.8, 4) is 12.3 Å². The summed E-state index contributed by atoms with van der Waals surface area (Å²) in [5.74, 6) is 4.38. The van der Waals surface area contributed by atoms with E-state index in [1.54, 1.807) is 0 Å². The van der Waals surface area contributed by atoms with Crippen LogP contribution in [0, 0.1) is 24.2 Å². The Morgan fingerprint density at radius 2 is 2.40 bits per heavy atom. The quantitative estimate of drug-likeness (QED) is 0.690. The Bertz CT molecular complexity index is 201. The highest BCUT2D eigenvalue weighted by atomic mass is 15.1. The molecule has 1 heterocycles. The average molecular weight is 208 g/mol. The van der Waals surface area contributed by atoms with E-state index in [0.29, 0.717) is 0 Å². The second-order valence-electron chi connectivity index (χ2n) is 4.81. The molecule has 1 rings (SSSR count). The van der Waals surface area contributed by atoms with Gasteiger partial charge in [-0.2, -0.15) is 0 Å². The number of nitrogens with one attached hydrogen (secondary N) is 1. The molecule has 1 fully saturated rings. The van der Waals surface area contributed by atoms with Crippen LogP contribution in [-0.2, 0) is 0 Å². The van der Waals surface area contributed by atoms with Crippen molar-refractivity contribution < 1.29 is 0 Å². The molecular weight excluding hydrogens is 184 g/mol. The zero-order valence-electron chi connectivity index (χ0n) is 10.1. The van der Waals surface area contributed by atoms with E-state index in [4.69, 9.17) is 6.42 Å². The minimum Gasteiger partial charge on any atom is -0.316 e. The molecular formula is C13H24N2. The van der Waals surface area contributed by atoms with Gasteiger partial charge in [0.05, 0.1) is 6.54 Å². The molecule has 1 saturated heterocycles. The summed E-state index contributed by atoms with van der Waals surface area (Å²) in [6, 6.07) is 0. The summed E-state index contributed by atoms with van der Waals surface area (Å²) in [5, 5.41) is 3.48. The predicted octanol–water partition coefficient (Wildman–Crippen LogP) is 1.58. The molecule has 86 valence electrons. The number of rotatable bonds is 5. The lowest BCUT2D eigenvalue weighted by molar-refractivity contribution is 0.240. The van der Waals surface area contributed by atoms with E-state index in [1.165, 1.54) is 32.4 Å². The molecule has 0 aromatic heterocycles. The first kappa shape index (κ1) is 12.5. The van der Waals surface area contributed by atoms with Crippen LogP contribution in [0.25, 0.3) is 0 Å². The van der Waals surface area contributed by atoms with Crippen molar-refractivity contribution in [3.63, 3.8) is 0 Å². The fraction of sp³-hybridized carbons (Fsp3) is 0.846. The van der Waals surface area contributed by atoms with Crippen LogP contribution < -0.4 is 5.32 Å². The van der Waals surface area contributed by atoms with E-state index in [2.05, 4.69) is 30.1 Å². The summed E-state index contributed by atoms with van der Waals surface area (Å²) < 4.78 is 0. The van der Waals surface area contributed by atoms with Gasteiger partial charge in [-0.15, -0.1) is 6.42 Å². The van der Waals surface area contributed by atoms with Gasteiger partial charge in [0.15, 0.2) is 0 Å². The number of nitrogens with zero attached hydrogens (tertiary/aromatic N) is 1. The van der Waals surface area contributed by atoms with Gasteiger partial charge in [-0.05, 0) is 57.8 Å². The Kier molecular flexibility index (Phi) is 5.75. The summed E-state index contributed by atoms with van der Waals surface area (Å²) in [7, 11) is 2.10. The maximum Gasteiger partial charge on any atom is 0.0596 e. The van der Waals surface area contributed by atoms with Crippen LogP contribution >= 0.6 is 0 Å². The smallest absolute Gasteiger partial charge is 0.0596 e. The van der Waals surface area contributed by atoms with Crippen LogP contribution in [0.1, 0.15) is 26.2 Å². The molecule has 2 unspecified atom stereocenters. The Labute approximate surface area is 94.4 Å². The zero-order chi connectivity index (χ0) is 11.1. The lowest BCUT2D eigenvalue weighted by Crippen LogP contribution is -2.34. The number of hydrogen-bond donors (Lipinski definition) is 1. The minimum atomic E-state index is 0.773. The summed E-state index contributed by atoms with van der Waals surface area (Å²) in [6.45, 7) is 6.69. The molecule has 1 aliphatic heterocycles. The van der Waals surface area contributed by atoms with E-state index in [-0.39, 0.29) is 0 Å². The molecule has 1 N–H and O–H groups in total. The molecule has 0 aliphatic carbocycles. The third-order valence-corrected chi connectivity index (χ3v) is 3.47. The van der Waals surface area contributed by atoms with Gasteiger partial charge in [-0.25, -0.2) is 0 Å². The van der Waals surface area contributed by atoms with Gasteiger partial charge < -0.3 is 5.32 Å². The first-order chi connectivity index (χ1) is 7.24. The highest BCUT2D eigenvalue weighted by Crippen LogP contribution is 2.22. The highest BCUT2D eigenvalue weighted by molar-refractivity contribution is 4.87. The largest absolute Gasteiger partial charge is 0.316 e. The van der Waals surface area contributed by atoms with Crippen LogP contribution in [-0.4, -0.2) is 38.1 Å². The predicted molar refractivity (Wildman–Crippen MR) is 65.7 cm³/mol. The fourth-order valence-corrected chi connectivity index (χ4v) is 2.26. The van der Waals surface area contributed by atoms with Gasteiger partial charge in [0.25, 0.3) is 0 Å². The first-order valence-corrected chi connectivity index (χ1v) is 6.06. The fourth-order valence-electron chi connectivity index (χ4n) is 2.26. The van der Waals surface area contributed by atoms with Gasteiger partial charge in [0.2, 0.25) is 0 Å². The third-order valence-electron chi connectivity index (χ3n) is 3.47. The summed E-state index contributed by atoms with van der Waals surface area (Å²) >= 11 is 0. The second-order valence-corrected chi connectivity index (χ2v) is 4.81. The molecule has 2 nitrogen and oxygen atoms in total.